The molecule has 2 aromatic heterocycles. The van der Waals surface area contributed by atoms with E-state index in [1.165, 1.54) is 12.0 Å². The predicted molar refractivity (Wildman–Crippen MR) is 87.8 cm³/mol. The van der Waals surface area contributed by atoms with Crippen LogP contribution >= 0.6 is 0 Å². The van der Waals surface area contributed by atoms with Gasteiger partial charge < -0.3 is 4.42 Å². The van der Waals surface area contributed by atoms with Gasteiger partial charge in [-0.1, -0.05) is 30.3 Å². The van der Waals surface area contributed by atoms with Crippen LogP contribution in [0.1, 0.15) is 30.1 Å². The molecular formula is C18H20N4O. The van der Waals surface area contributed by atoms with Crippen LogP contribution in [0.4, 0.5) is 0 Å². The first-order valence-corrected chi connectivity index (χ1v) is 8.09. The molecule has 0 aliphatic carbocycles. The highest BCUT2D eigenvalue weighted by atomic mass is 16.3. The maximum atomic E-state index is 5.16. The molecular weight excluding hydrogens is 288 g/mol. The van der Waals surface area contributed by atoms with Crippen LogP contribution in [0.25, 0.3) is 11.4 Å². The summed E-state index contributed by atoms with van der Waals surface area (Å²) in [5, 5.41) is 7.54. The minimum Gasteiger partial charge on any atom is -0.472 e. The van der Waals surface area contributed by atoms with Gasteiger partial charge in [0.1, 0.15) is 5.82 Å². The predicted octanol–water partition coefficient (Wildman–Crippen LogP) is 3.44. The molecule has 0 bridgehead atoms. The highest BCUT2D eigenvalue weighted by molar-refractivity contribution is 5.53. The molecule has 1 aliphatic rings. The number of benzene rings is 1. The highest BCUT2D eigenvalue weighted by Crippen LogP contribution is 2.27. The summed E-state index contributed by atoms with van der Waals surface area (Å²) in [5.74, 6) is 2.20. The van der Waals surface area contributed by atoms with Crippen molar-refractivity contribution >= 4 is 0 Å². The summed E-state index contributed by atoms with van der Waals surface area (Å²) in [5.41, 5.74) is 2.29. The van der Waals surface area contributed by atoms with Gasteiger partial charge in [-0.15, -0.1) is 0 Å². The number of hydrogen-bond acceptors (Lipinski definition) is 4. The van der Waals surface area contributed by atoms with Gasteiger partial charge in [0.25, 0.3) is 0 Å². The molecule has 3 aromatic rings. The third-order valence-electron chi connectivity index (χ3n) is 4.41. The summed E-state index contributed by atoms with van der Waals surface area (Å²) in [4.78, 5) is 7.19. The highest BCUT2D eigenvalue weighted by Gasteiger charge is 2.24. The van der Waals surface area contributed by atoms with Gasteiger partial charge in [0.05, 0.1) is 12.5 Å². The standard InChI is InChI=1S/C18H20N4O/c1-2-5-15(6-3-1)17-19-18(21-20-17)16-7-4-9-22(12-16)11-14-8-10-23-13-14/h1-3,5-6,8,10,13,16H,4,7,9,11-12H2,(H,19,20,21). The summed E-state index contributed by atoms with van der Waals surface area (Å²) >= 11 is 0. The Morgan fingerprint density at radius 2 is 2.13 bits per heavy atom. The van der Waals surface area contributed by atoms with Crippen molar-refractivity contribution in [2.75, 3.05) is 13.1 Å². The molecule has 5 heteroatoms. The summed E-state index contributed by atoms with van der Waals surface area (Å²) < 4.78 is 5.16. The lowest BCUT2D eigenvalue weighted by Gasteiger charge is -2.31. The van der Waals surface area contributed by atoms with Crippen LogP contribution in [0, 0.1) is 0 Å². The topological polar surface area (TPSA) is 58.0 Å². The molecule has 1 aromatic carbocycles. The maximum absolute atomic E-state index is 5.16. The second-order valence-corrected chi connectivity index (χ2v) is 6.12. The van der Waals surface area contributed by atoms with E-state index >= 15 is 0 Å². The number of aromatic amines is 1. The summed E-state index contributed by atoms with van der Waals surface area (Å²) in [6.45, 7) is 3.07. The fourth-order valence-electron chi connectivity index (χ4n) is 3.24. The lowest BCUT2D eigenvalue weighted by atomic mass is 9.97. The third kappa shape index (κ3) is 3.19. The third-order valence-corrected chi connectivity index (χ3v) is 4.41. The molecule has 1 aliphatic heterocycles. The fourth-order valence-corrected chi connectivity index (χ4v) is 3.24. The molecule has 0 amide bonds. The minimum absolute atomic E-state index is 0.417. The van der Waals surface area contributed by atoms with Gasteiger partial charge >= 0.3 is 0 Å². The number of rotatable bonds is 4. The quantitative estimate of drug-likeness (QED) is 0.802. The molecule has 4 rings (SSSR count). The van der Waals surface area contributed by atoms with E-state index in [0.29, 0.717) is 5.92 Å². The smallest absolute Gasteiger partial charge is 0.181 e. The first-order valence-electron chi connectivity index (χ1n) is 8.09. The molecule has 3 heterocycles. The van der Waals surface area contributed by atoms with Crippen molar-refractivity contribution in [3.8, 4) is 11.4 Å². The second-order valence-electron chi connectivity index (χ2n) is 6.12. The van der Waals surface area contributed by atoms with Gasteiger partial charge in [0.2, 0.25) is 0 Å². The van der Waals surface area contributed by atoms with Gasteiger partial charge in [0, 0.05) is 30.1 Å². The van der Waals surface area contributed by atoms with Crippen molar-refractivity contribution in [2.45, 2.75) is 25.3 Å². The zero-order chi connectivity index (χ0) is 15.5. The van der Waals surface area contributed by atoms with Crippen molar-refractivity contribution < 1.29 is 4.42 Å². The van der Waals surface area contributed by atoms with E-state index in [0.717, 1.165) is 43.3 Å². The van der Waals surface area contributed by atoms with Gasteiger partial charge in [-0.05, 0) is 25.5 Å². The Kier molecular flexibility index (Phi) is 3.94. The van der Waals surface area contributed by atoms with Crippen molar-refractivity contribution in [3.05, 3.63) is 60.3 Å². The van der Waals surface area contributed by atoms with E-state index in [1.807, 2.05) is 42.7 Å². The summed E-state index contributed by atoms with van der Waals surface area (Å²) in [6, 6.07) is 12.1. The number of furan rings is 1. The maximum Gasteiger partial charge on any atom is 0.181 e. The van der Waals surface area contributed by atoms with Crippen LogP contribution in [0.2, 0.25) is 0 Å². The van der Waals surface area contributed by atoms with E-state index in [4.69, 9.17) is 9.40 Å². The molecule has 23 heavy (non-hydrogen) atoms. The molecule has 0 spiro atoms. The van der Waals surface area contributed by atoms with Crippen molar-refractivity contribution in [3.63, 3.8) is 0 Å². The fraction of sp³-hybridized carbons (Fsp3) is 0.333. The van der Waals surface area contributed by atoms with E-state index in [1.54, 1.807) is 6.26 Å². The second kappa shape index (κ2) is 6.38. The molecule has 5 nitrogen and oxygen atoms in total. The zero-order valence-corrected chi connectivity index (χ0v) is 13.0. The van der Waals surface area contributed by atoms with Crippen LogP contribution in [-0.4, -0.2) is 33.2 Å². The molecule has 1 saturated heterocycles. The molecule has 1 N–H and O–H groups in total. The van der Waals surface area contributed by atoms with Crippen LogP contribution < -0.4 is 0 Å². The number of hydrogen-bond donors (Lipinski definition) is 1. The number of aromatic nitrogens is 3. The minimum atomic E-state index is 0.417. The van der Waals surface area contributed by atoms with Gasteiger partial charge in [-0.3, -0.25) is 10.00 Å². The van der Waals surface area contributed by atoms with Gasteiger partial charge in [-0.2, -0.15) is 5.10 Å². The van der Waals surface area contributed by atoms with Gasteiger partial charge in [-0.25, -0.2) is 4.98 Å². The largest absolute Gasteiger partial charge is 0.472 e. The Balaban J connectivity index is 1.46. The van der Waals surface area contributed by atoms with Crippen molar-refractivity contribution in [1.29, 1.82) is 0 Å². The number of piperidine rings is 1. The van der Waals surface area contributed by atoms with Gasteiger partial charge in [0.15, 0.2) is 5.82 Å². The van der Waals surface area contributed by atoms with Crippen molar-refractivity contribution in [1.82, 2.24) is 20.1 Å². The zero-order valence-electron chi connectivity index (χ0n) is 13.0. The van der Waals surface area contributed by atoms with Crippen LogP contribution in [-0.2, 0) is 6.54 Å². The monoisotopic (exact) mass is 308 g/mol. The lowest BCUT2D eigenvalue weighted by molar-refractivity contribution is 0.196. The number of likely N-dealkylation sites (tertiary alicyclic amines) is 1. The number of H-pyrrole nitrogens is 1. The van der Waals surface area contributed by atoms with E-state index in [9.17, 15) is 0 Å². The van der Waals surface area contributed by atoms with Crippen molar-refractivity contribution in [2.24, 2.45) is 0 Å². The van der Waals surface area contributed by atoms with E-state index in [-0.39, 0.29) is 0 Å². The molecule has 0 saturated carbocycles. The average Bonchev–Trinajstić information content (AvgIpc) is 3.28. The molecule has 1 atom stereocenters. The first kappa shape index (κ1) is 14.2. The number of nitrogens with zero attached hydrogens (tertiary/aromatic N) is 3. The molecule has 1 fully saturated rings. The molecule has 0 radical (unpaired) electrons. The molecule has 1 unspecified atom stereocenters. The Morgan fingerprint density at radius 3 is 2.96 bits per heavy atom. The van der Waals surface area contributed by atoms with E-state index in [2.05, 4.69) is 15.1 Å². The first-order chi connectivity index (χ1) is 11.4. The van der Waals surface area contributed by atoms with Crippen LogP contribution in [0.3, 0.4) is 0 Å². The van der Waals surface area contributed by atoms with Crippen LogP contribution in [0.15, 0.2) is 53.3 Å². The Morgan fingerprint density at radius 1 is 1.22 bits per heavy atom. The van der Waals surface area contributed by atoms with E-state index < -0.39 is 0 Å². The number of nitrogens with one attached hydrogen (secondary N) is 1. The Labute approximate surface area is 135 Å². The molecule has 118 valence electrons. The van der Waals surface area contributed by atoms with Crippen LogP contribution in [0.5, 0.6) is 0 Å². The Bertz CT molecular complexity index is 735. The Hall–Kier alpha value is -2.40. The normalized spacial score (nSPS) is 19.0. The SMILES string of the molecule is c1ccc(-c2n[nH]c(C3CCCN(Cc4ccoc4)C3)n2)cc1. The summed E-state index contributed by atoms with van der Waals surface area (Å²) in [7, 11) is 0. The lowest BCUT2D eigenvalue weighted by Crippen LogP contribution is -2.34. The summed E-state index contributed by atoms with van der Waals surface area (Å²) in [6.07, 6.45) is 5.90. The average molecular weight is 308 g/mol.